The minimum absolute atomic E-state index is 0.00936. The van der Waals surface area contributed by atoms with Crippen LogP contribution in [0.1, 0.15) is 23.2 Å². The molecule has 4 N–H and O–H groups in total. The van der Waals surface area contributed by atoms with Gasteiger partial charge in [0.1, 0.15) is 4.90 Å². The Balaban J connectivity index is 2.26. The minimum atomic E-state index is -3.93. The third-order valence-corrected chi connectivity index (χ3v) is 4.97. The SMILES string of the molecule is O=C(O)c1ccc(NC[C@H]2CCCO2)c(S(=O)(=O)NCCO)c1. The predicted molar refractivity (Wildman–Crippen MR) is 83.1 cm³/mol. The molecule has 1 aliphatic rings. The second-order valence-corrected chi connectivity index (χ2v) is 6.89. The van der Waals surface area contributed by atoms with Gasteiger partial charge in [0.05, 0.1) is 24.0 Å². The van der Waals surface area contributed by atoms with E-state index in [1.807, 2.05) is 0 Å². The van der Waals surface area contributed by atoms with Crippen LogP contribution < -0.4 is 10.0 Å². The molecule has 1 saturated heterocycles. The lowest BCUT2D eigenvalue weighted by atomic mass is 10.2. The number of ether oxygens (including phenoxy) is 1. The number of carboxylic acids is 1. The van der Waals surface area contributed by atoms with Gasteiger partial charge in [-0.1, -0.05) is 0 Å². The molecule has 1 aromatic carbocycles. The Labute approximate surface area is 134 Å². The topological polar surface area (TPSA) is 125 Å². The molecule has 1 atom stereocenters. The molecule has 9 heteroatoms. The monoisotopic (exact) mass is 344 g/mol. The number of sulfonamides is 1. The summed E-state index contributed by atoms with van der Waals surface area (Å²) < 4.78 is 32.3. The molecular weight excluding hydrogens is 324 g/mol. The number of hydrogen-bond donors (Lipinski definition) is 4. The summed E-state index contributed by atoms with van der Waals surface area (Å²) in [5.41, 5.74) is 0.174. The molecule has 0 spiro atoms. The summed E-state index contributed by atoms with van der Waals surface area (Å²) in [6.45, 7) is 0.629. The number of aliphatic hydroxyl groups excluding tert-OH is 1. The zero-order chi connectivity index (χ0) is 16.9. The molecule has 0 aromatic heterocycles. The molecule has 0 unspecified atom stereocenters. The smallest absolute Gasteiger partial charge is 0.335 e. The third kappa shape index (κ3) is 4.64. The Bertz CT molecular complexity index is 655. The Hall–Kier alpha value is -1.68. The number of aliphatic hydroxyl groups is 1. The summed E-state index contributed by atoms with van der Waals surface area (Å²) in [4.78, 5) is 10.9. The van der Waals surface area contributed by atoms with Crippen LogP contribution in [0.25, 0.3) is 0 Å². The van der Waals surface area contributed by atoms with Gasteiger partial charge in [-0.3, -0.25) is 0 Å². The quantitative estimate of drug-likeness (QED) is 0.532. The largest absolute Gasteiger partial charge is 0.478 e. The summed E-state index contributed by atoms with van der Waals surface area (Å²) in [5.74, 6) is -1.21. The maximum absolute atomic E-state index is 12.3. The van der Waals surface area contributed by atoms with Gasteiger partial charge in [-0.15, -0.1) is 0 Å². The molecule has 1 aromatic rings. The summed E-state index contributed by atoms with van der Waals surface area (Å²) in [5, 5.41) is 20.8. The summed E-state index contributed by atoms with van der Waals surface area (Å²) in [6, 6.07) is 3.86. The second kappa shape index (κ2) is 7.73. The number of rotatable bonds is 8. The van der Waals surface area contributed by atoms with E-state index in [1.165, 1.54) is 12.1 Å². The zero-order valence-corrected chi connectivity index (χ0v) is 13.3. The van der Waals surface area contributed by atoms with Crippen molar-refractivity contribution in [3.05, 3.63) is 23.8 Å². The van der Waals surface area contributed by atoms with Crippen LogP contribution >= 0.6 is 0 Å². The van der Waals surface area contributed by atoms with Gasteiger partial charge in [0.25, 0.3) is 0 Å². The van der Waals surface area contributed by atoms with Crippen LogP contribution in [0.4, 0.5) is 5.69 Å². The van der Waals surface area contributed by atoms with Crippen molar-refractivity contribution in [2.45, 2.75) is 23.8 Å². The predicted octanol–water partition coefficient (Wildman–Crippen LogP) is 0.246. The Kier molecular flexibility index (Phi) is 5.94. The average molecular weight is 344 g/mol. The van der Waals surface area contributed by atoms with E-state index in [9.17, 15) is 13.2 Å². The van der Waals surface area contributed by atoms with Gasteiger partial charge in [0.2, 0.25) is 10.0 Å². The summed E-state index contributed by atoms with van der Waals surface area (Å²) >= 11 is 0. The number of anilines is 1. The maximum atomic E-state index is 12.3. The van der Waals surface area contributed by atoms with Crippen molar-refractivity contribution in [2.24, 2.45) is 0 Å². The van der Waals surface area contributed by atoms with Crippen molar-refractivity contribution in [3.8, 4) is 0 Å². The van der Waals surface area contributed by atoms with E-state index in [0.29, 0.717) is 18.8 Å². The highest BCUT2D eigenvalue weighted by atomic mass is 32.2. The number of carbonyl (C=O) groups is 1. The van der Waals surface area contributed by atoms with Crippen LogP contribution in [0.5, 0.6) is 0 Å². The van der Waals surface area contributed by atoms with Crippen molar-refractivity contribution in [1.29, 1.82) is 0 Å². The molecule has 128 valence electrons. The fourth-order valence-corrected chi connectivity index (χ4v) is 3.54. The molecule has 8 nitrogen and oxygen atoms in total. The molecule has 23 heavy (non-hydrogen) atoms. The summed E-state index contributed by atoms with van der Waals surface area (Å²) in [7, 11) is -3.93. The van der Waals surface area contributed by atoms with E-state index < -0.39 is 16.0 Å². The van der Waals surface area contributed by atoms with Crippen molar-refractivity contribution < 1.29 is 28.2 Å². The fraction of sp³-hybridized carbons (Fsp3) is 0.500. The first-order valence-electron chi connectivity index (χ1n) is 7.27. The van der Waals surface area contributed by atoms with E-state index in [-0.39, 0.29) is 29.7 Å². The molecule has 0 radical (unpaired) electrons. The van der Waals surface area contributed by atoms with E-state index in [0.717, 1.165) is 18.9 Å². The van der Waals surface area contributed by atoms with Crippen LogP contribution in [-0.2, 0) is 14.8 Å². The molecule has 0 bridgehead atoms. The van der Waals surface area contributed by atoms with Crippen LogP contribution in [0.15, 0.2) is 23.1 Å². The van der Waals surface area contributed by atoms with Gasteiger partial charge < -0.3 is 20.3 Å². The molecule has 2 rings (SSSR count). The molecule has 0 saturated carbocycles. The normalized spacial score (nSPS) is 18.0. The van der Waals surface area contributed by atoms with Crippen LogP contribution in [0.3, 0.4) is 0 Å². The van der Waals surface area contributed by atoms with E-state index in [2.05, 4.69) is 10.0 Å². The Morgan fingerprint density at radius 3 is 2.78 bits per heavy atom. The van der Waals surface area contributed by atoms with Gasteiger partial charge in [0.15, 0.2) is 0 Å². The third-order valence-electron chi connectivity index (χ3n) is 3.47. The Morgan fingerprint density at radius 2 is 2.17 bits per heavy atom. The summed E-state index contributed by atoms with van der Waals surface area (Å²) in [6.07, 6.45) is 1.87. The molecule has 0 aliphatic carbocycles. The van der Waals surface area contributed by atoms with Crippen molar-refractivity contribution >= 4 is 21.7 Å². The zero-order valence-electron chi connectivity index (χ0n) is 12.5. The molecule has 1 fully saturated rings. The molecule has 1 aliphatic heterocycles. The van der Waals surface area contributed by atoms with Gasteiger partial charge in [-0.25, -0.2) is 17.9 Å². The van der Waals surface area contributed by atoms with Gasteiger partial charge in [-0.05, 0) is 31.0 Å². The maximum Gasteiger partial charge on any atom is 0.335 e. The van der Waals surface area contributed by atoms with Gasteiger partial charge in [0, 0.05) is 19.7 Å². The van der Waals surface area contributed by atoms with Crippen LogP contribution in [0, 0.1) is 0 Å². The molecular formula is C14H20N2O6S. The lowest BCUT2D eigenvalue weighted by molar-refractivity contribution is 0.0696. The molecule has 0 amide bonds. The number of hydrogen-bond acceptors (Lipinski definition) is 6. The number of carboxylic acid groups (broad SMARTS) is 1. The number of nitrogens with one attached hydrogen (secondary N) is 2. The van der Waals surface area contributed by atoms with Crippen LogP contribution in [-0.4, -0.2) is 57.0 Å². The minimum Gasteiger partial charge on any atom is -0.478 e. The van der Waals surface area contributed by atoms with E-state index in [1.54, 1.807) is 0 Å². The van der Waals surface area contributed by atoms with Crippen LogP contribution in [0.2, 0.25) is 0 Å². The number of benzene rings is 1. The highest BCUT2D eigenvalue weighted by Crippen LogP contribution is 2.24. The first-order valence-corrected chi connectivity index (χ1v) is 8.75. The van der Waals surface area contributed by atoms with Crippen molar-refractivity contribution in [1.82, 2.24) is 4.72 Å². The fourth-order valence-electron chi connectivity index (χ4n) is 2.31. The molecule has 1 heterocycles. The van der Waals surface area contributed by atoms with E-state index in [4.69, 9.17) is 14.9 Å². The lowest BCUT2D eigenvalue weighted by Crippen LogP contribution is -2.28. The van der Waals surface area contributed by atoms with Crippen molar-refractivity contribution in [3.63, 3.8) is 0 Å². The average Bonchev–Trinajstić information content (AvgIpc) is 3.04. The standard InChI is InChI=1S/C14H20N2O6S/c17-6-5-16-23(20,21)13-8-10(14(18)19)3-4-12(13)15-9-11-2-1-7-22-11/h3-4,8,11,15-17H,1-2,5-7,9H2,(H,18,19)/t11-/m1/s1. The van der Waals surface area contributed by atoms with Gasteiger partial charge in [-0.2, -0.15) is 0 Å². The van der Waals surface area contributed by atoms with E-state index >= 15 is 0 Å². The number of aromatic carboxylic acids is 1. The Morgan fingerprint density at radius 1 is 1.39 bits per heavy atom. The van der Waals surface area contributed by atoms with Crippen molar-refractivity contribution in [2.75, 3.05) is 31.6 Å². The van der Waals surface area contributed by atoms with Gasteiger partial charge >= 0.3 is 5.97 Å². The second-order valence-electron chi connectivity index (χ2n) is 5.15. The first kappa shape index (κ1) is 17.7. The lowest BCUT2D eigenvalue weighted by Gasteiger charge is -2.16. The first-order chi connectivity index (χ1) is 10.9. The highest BCUT2D eigenvalue weighted by molar-refractivity contribution is 7.89. The highest BCUT2D eigenvalue weighted by Gasteiger charge is 2.22.